The molecule has 61 heavy (non-hydrogen) atoms. The van der Waals surface area contributed by atoms with Crippen molar-refractivity contribution in [2.45, 2.75) is 95.3 Å². The minimum absolute atomic E-state index is 0.0701. The Hall–Kier alpha value is -5.68. The standard InChI is InChI=1S/C44H46F3N9O5/c1-24-16-31-30-4-2-3-5-34(30)50-37(31)38(55(24)23-44(45,46)47)28-19-48-43(49-20-28)53-12-8-25(9-13-53)40(59)52-14-10-29(11-15-52)54-21-26-17-32-33(18-27(26)22-54)42(61)56(41(32)60)35-6-7-36(57)51-39(35)58/h2-5,17-20,24-25,29,35,38,50H,6-16,21-23H2,1H3,(H,51,57,58)/t24-,35?,38-/m1/s1. The van der Waals surface area contributed by atoms with Crippen LogP contribution in [0.2, 0.25) is 0 Å². The Morgan fingerprint density at radius 2 is 1.52 bits per heavy atom. The molecule has 2 aromatic heterocycles. The highest BCUT2D eigenvalue weighted by Gasteiger charge is 2.46. The molecular formula is C44H46F3N9O5. The number of benzene rings is 2. The van der Waals surface area contributed by atoms with Gasteiger partial charge in [-0.2, -0.15) is 13.2 Å². The maximum absolute atomic E-state index is 13.9. The number of alkyl halides is 3. The van der Waals surface area contributed by atoms with Gasteiger partial charge < -0.3 is 14.8 Å². The second-order valence-corrected chi connectivity index (χ2v) is 17.5. The molecule has 318 valence electrons. The highest BCUT2D eigenvalue weighted by Crippen LogP contribution is 2.42. The Balaban J connectivity index is 0.738. The number of imide groups is 2. The number of carbonyl (C=O) groups is 5. The Morgan fingerprint density at radius 1 is 0.869 bits per heavy atom. The van der Waals surface area contributed by atoms with Crippen LogP contribution in [0.1, 0.15) is 100 Å². The largest absolute Gasteiger partial charge is 0.401 e. The van der Waals surface area contributed by atoms with E-state index in [-0.39, 0.29) is 36.8 Å². The van der Waals surface area contributed by atoms with E-state index < -0.39 is 48.4 Å². The molecule has 3 saturated heterocycles. The third-order valence-corrected chi connectivity index (χ3v) is 13.8. The van der Waals surface area contributed by atoms with Gasteiger partial charge in [-0.15, -0.1) is 0 Å². The second kappa shape index (κ2) is 15.0. The molecule has 10 rings (SSSR count). The SMILES string of the molecule is C[C@@H]1Cc2c([nH]c3ccccc23)[C@@H](c2cnc(N3CCC(C(=O)N4CCC(N5Cc6cc7c(cc6C5)C(=O)N(C5CCC(=O)NC5=O)C7=O)CC4)CC3)nc2)N1CC(F)(F)F. The monoisotopic (exact) mass is 837 g/mol. The van der Waals surface area contributed by atoms with Crippen molar-refractivity contribution >= 4 is 46.4 Å². The number of nitrogens with one attached hydrogen (secondary N) is 2. The zero-order chi connectivity index (χ0) is 42.3. The number of hydrogen-bond donors (Lipinski definition) is 2. The zero-order valence-corrected chi connectivity index (χ0v) is 33.7. The van der Waals surface area contributed by atoms with Crippen LogP contribution in [0.25, 0.3) is 10.9 Å². The van der Waals surface area contributed by atoms with Crippen molar-refractivity contribution in [2.75, 3.05) is 37.6 Å². The molecule has 1 unspecified atom stereocenters. The van der Waals surface area contributed by atoms with Crippen molar-refractivity contribution < 1.29 is 37.1 Å². The van der Waals surface area contributed by atoms with Crippen LogP contribution in [0.5, 0.6) is 0 Å². The summed E-state index contributed by atoms with van der Waals surface area (Å²) >= 11 is 0. The van der Waals surface area contributed by atoms with Crippen molar-refractivity contribution in [3.63, 3.8) is 0 Å². The van der Waals surface area contributed by atoms with Crippen molar-refractivity contribution in [3.05, 3.63) is 87.9 Å². The lowest BCUT2D eigenvalue weighted by molar-refractivity contribution is -0.155. The first-order chi connectivity index (χ1) is 29.3. The van der Waals surface area contributed by atoms with Crippen LogP contribution < -0.4 is 10.2 Å². The van der Waals surface area contributed by atoms with Gasteiger partial charge in [0.05, 0.1) is 23.7 Å². The summed E-state index contributed by atoms with van der Waals surface area (Å²) < 4.78 is 41.7. The zero-order valence-electron chi connectivity index (χ0n) is 33.7. The molecule has 4 aromatic rings. The number of anilines is 1. The van der Waals surface area contributed by atoms with Gasteiger partial charge in [0, 0.05) is 98.2 Å². The fourth-order valence-corrected chi connectivity index (χ4v) is 10.6. The molecule has 0 bridgehead atoms. The van der Waals surface area contributed by atoms with Crippen LogP contribution in [0.15, 0.2) is 48.8 Å². The number of halogens is 3. The molecule has 3 fully saturated rings. The van der Waals surface area contributed by atoms with Gasteiger partial charge in [0.25, 0.3) is 11.8 Å². The van der Waals surface area contributed by atoms with Gasteiger partial charge in [-0.25, -0.2) is 9.97 Å². The summed E-state index contributed by atoms with van der Waals surface area (Å²) in [5.41, 5.74) is 5.78. The Morgan fingerprint density at radius 3 is 2.16 bits per heavy atom. The van der Waals surface area contributed by atoms with Crippen molar-refractivity contribution in [2.24, 2.45) is 5.92 Å². The number of amides is 5. The average Bonchev–Trinajstić information content (AvgIpc) is 3.91. The van der Waals surface area contributed by atoms with Crippen LogP contribution in [0.4, 0.5) is 19.1 Å². The molecule has 6 aliphatic heterocycles. The number of carbonyl (C=O) groups excluding carboxylic acids is 5. The number of rotatable bonds is 6. The number of hydrogen-bond acceptors (Lipinski definition) is 10. The Bertz CT molecular complexity index is 2410. The summed E-state index contributed by atoms with van der Waals surface area (Å²) in [5, 5.41) is 3.25. The summed E-state index contributed by atoms with van der Waals surface area (Å²) in [5.74, 6) is -1.53. The molecule has 2 aromatic carbocycles. The van der Waals surface area contributed by atoms with Crippen LogP contribution in [-0.2, 0) is 33.9 Å². The van der Waals surface area contributed by atoms with Crippen molar-refractivity contribution in [1.29, 1.82) is 0 Å². The predicted molar refractivity (Wildman–Crippen MR) is 215 cm³/mol. The first-order valence-electron chi connectivity index (χ1n) is 21.2. The number of nitrogens with zero attached hydrogens (tertiary/aromatic N) is 7. The fraction of sp³-hybridized carbons (Fsp3) is 0.477. The van der Waals surface area contributed by atoms with E-state index in [9.17, 15) is 37.1 Å². The quantitative estimate of drug-likeness (QED) is 0.266. The van der Waals surface area contributed by atoms with Gasteiger partial charge in [0.15, 0.2) is 0 Å². The van der Waals surface area contributed by atoms with E-state index in [4.69, 9.17) is 0 Å². The van der Waals surface area contributed by atoms with E-state index in [1.807, 2.05) is 41.0 Å². The normalized spacial score (nSPS) is 24.4. The summed E-state index contributed by atoms with van der Waals surface area (Å²) in [6, 6.07) is 9.55. The van der Waals surface area contributed by atoms with E-state index in [0.717, 1.165) is 51.0 Å². The highest BCUT2D eigenvalue weighted by molar-refractivity contribution is 6.23. The van der Waals surface area contributed by atoms with Crippen molar-refractivity contribution in [1.82, 2.24) is 39.9 Å². The van der Waals surface area contributed by atoms with Gasteiger partial charge in [0.1, 0.15) is 6.04 Å². The molecule has 0 aliphatic carbocycles. The molecule has 8 heterocycles. The number of likely N-dealkylation sites (tertiary alicyclic amines) is 1. The highest BCUT2D eigenvalue weighted by atomic mass is 19.4. The van der Waals surface area contributed by atoms with E-state index in [1.165, 1.54) is 4.90 Å². The van der Waals surface area contributed by atoms with Gasteiger partial charge in [0.2, 0.25) is 23.7 Å². The number of H-pyrrole nitrogens is 1. The van der Waals surface area contributed by atoms with Crippen LogP contribution in [0, 0.1) is 5.92 Å². The number of aromatic nitrogens is 3. The van der Waals surface area contributed by atoms with Crippen molar-refractivity contribution in [3.8, 4) is 0 Å². The molecule has 6 aliphatic rings. The molecule has 3 atom stereocenters. The number of para-hydroxylation sites is 1. The topological polar surface area (TPSA) is 155 Å². The summed E-state index contributed by atoms with van der Waals surface area (Å²) in [7, 11) is 0. The molecule has 0 radical (unpaired) electrons. The van der Waals surface area contributed by atoms with E-state index >= 15 is 0 Å². The maximum atomic E-state index is 13.9. The summed E-state index contributed by atoms with van der Waals surface area (Å²) in [6.07, 6.45) is 2.50. The maximum Gasteiger partial charge on any atom is 0.401 e. The molecule has 5 amide bonds. The summed E-state index contributed by atoms with van der Waals surface area (Å²) in [4.78, 5) is 86.2. The molecule has 0 spiro atoms. The second-order valence-electron chi connectivity index (χ2n) is 17.5. The number of fused-ring (bicyclic) bond motifs is 5. The third-order valence-electron chi connectivity index (χ3n) is 13.8. The average molecular weight is 838 g/mol. The first kappa shape index (κ1) is 39.5. The molecule has 0 saturated carbocycles. The van der Waals surface area contributed by atoms with Gasteiger partial charge in [-0.05, 0) is 80.3 Å². The minimum atomic E-state index is -4.38. The fourth-order valence-electron chi connectivity index (χ4n) is 10.6. The van der Waals surface area contributed by atoms with Gasteiger partial charge >= 0.3 is 6.18 Å². The van der Waals surface area contributed by atoms with Gasteiger partial charge in [-0.3, -0.25) is 44.0 Å². The third kappa shape index (κ3) is 7.04. The first-order valence-corrected chi connectivity index (χ1v) is 21.2. The molecule has 17 heteroatoms. The smallest absolute Gasteiger partial charge is 0.357 e. The lowest BCUT2D eigenvalue weighted by Gasteiger charge is -2.41. The van der Waals surface area contributed by atoms with Crippen LogP contribution in [0.3, 0.4) is 0 Å². The van der Waals surface area contributed by atoms with E-state index in [1.54, 1.807) is 24.5 Å². The predicted octanol–water partition coefficient (Wildman–Crippen LogP) is 4.48. The van der Waals surface area contributed by atoms with E-state index in [0.29, 0.717) is 81.2 Å². The lowest BCUT2D eigenvalue weighted by atomic mass is 9.89. The summed E-state index contributed by atoms with van der Waals surface area (Å²) in [6.45, 7) is 4.48. The Labute approximate surface area is 349 Å². The van der Waals surface area contributed by atoms with Crippen LogP contribution in [-0.4, -0.2) is 121 Å². The van der Waals surface area contributed by atoms with Gasteiger partial charge in [-0.1, -0.05) is 18.2 Å². The number of piperidine rings is 3. The van der Waals surface area contributed by atoms with E-state index in [2.05, 4.69) is 25.2 Å². The lowest BCUT2D eigenvalue weighted by Crippen LogP contribution is -2.54. The Kier molecular flexibility index (Phi) is 9.73. The molecular weight excluding hydrogens is 792 g/mol. The minimum Gasteiger partial charge on any atom is -0.357 e. The number of aromatic amines is 1. The molecule has 14 nitrogen and oxygen atoms in total. The van der Waals surface area contributed by atoms with Crippen LogP contribution >= 0.6 is 0 Å². The molecule has 2 N–H and O–H groups in total.